The number of nitrogens with one attached hydrogen (secondary N) is 4. The van der Waals surface area contributed by atoms with Crippen molar-refractivity contribution in [2.75, 3.05) is 16.2 Å². The molecule has 3 aromatic rings. The highest BCUT2D eigenvalue weighted by atomic mass is 19.1. The van der Waals surface area contributed by atoms with Crippen LogP contribution in [-0.2, 0) is 0 Å². The first-order valence-electron chi connectivity index (χ1n) is 9.47. The minimum absolute atomic E-state index is 0.0611. The summed E-state index contributed by atoms with van der Waals surface area (Å²) < 4.78 is 20.1. The predicted molar refractivity (Wildman–Crippen MR) is 115 cm³/mol. The molecule has 7 nitrogen and oxygen atoms in total. The maximum absolute atomic E-state index is 14.4. The number of anilines is 3. The van der Waals surface area contributed by atoms with Crippen LogP contribution < -0.4 is 26.4 Å². The van der Waals surface area contributed by atoms with Crippen molar-refractivity contribution in [3.8, 4) is 17.0 Å². The van der Waals surface area contributed by atoms with Gasteiger partial charge in [-0.15, -0.1) is 5.53 Å². The summed E-state index contributed by atoms with van der Waals surface area (Å²) in [7, 11) is 0. The smallest absolute Gasteiger partial charge is 0.258 e. The third kappa shape index (κ3) is 4.33. The number of nitrogens with zero attached hydrogens (tertiary/aromatic N) is 1. The molecule has 2 heterocycles. The van der Waals surface area contributed by atoms with Crippen LogP contribution in [-0.4, -0.2) is 16.5 Å². The van der Waals surface area contributed by atoms with E-state index in [0.717, 1.165) is 5.69 Å². The molecular weight excluding hydrogens is 385 g/mol. The summed E-state index contributed by atoms with van der Waals surface area (Å²) in [6.45, 7) is 5.87. The van der Waals surface area contributed by atoms with Crippen LogP contribution in [0, 0.1) is 5.82 Å². The molecule has 2 aromatic carbocycles. The van der Waals surface area contributed by atoms with E-state index in [-0.39, 0.29) is 11.2 Å². The van der Waals surface area contributed by atoms with Crippen molar-refractivity contribution < 1.29 is 13.9 Å². The van der Waals surface area contributed by atoms with E-state index in [2.05, 4.69) is 26.7 Å². The quantitative estimate of drug-likeness (QED) is 0.507. The van der Waals surface area contributed by atoms with Crippen LogP contribution in [0.3, 0.4) is 0 Å². The maximum atomic E-state index is 14.4. The Balaban J connectivity index is 1.53. The van der Waals surface area contributed by atoms with Gasteiger partial charge in [-0.25, -0.2) is 9.37 Å². The number of carbonyl (C=O) groups is 1. The minimum Gasteiger partial charge on any atom is -0.488 e. The number of benzene rings is 2. The first-order valence-corrected chi connectivity index (χ1v) is 9.47. The lowest BCUT2D eigenvalue weighted by Crippen LogP contribution is -2.22. The first kappa shape index (κ1) is 19.7. The Morgan fingerprint density at radius 2 is 1.80 bits per heavy atom. The van der Waals surface area contributed by atoms with Crippen LogP contribution in [0.4, 0.5) is 21.6 Å². The molecule has 1 aromatic heterocycles. The third-order valence-corrected chi connectivity index (χ3v) is 4.32. The van der Waals surface area contributed by atoms with Crippen molar-refractivity contribution in [1.29, 1.82) is 0 Å². The second-order valence-corrected chi connectivity index (χ2v) is 7.86. The lowest BCUT2D eigenvalue weighted by atomic mass is 10.1. The Hall–Kier alpha value is -3.65. The van der Waals surface area contributed by atoms with Crippen LogP contribution in [0.5, 0.6) is 5.75 Å². The number of hydrazine groups is 2. The average Bonchev–Trinajstić information content (AvgIpc) is 3.16. The van der Waals surface area contributed by atoms with E-state index < -0.39 is 11.7 Å². The topological polar surface area (TPSA) is 87.3 Å². The Morgan fingerprint density at radius 3 is 2.53 bits per heavy atom. The lowest BCUT2D eigenvalue weighted by Gasteiger charge is -2.21. The first-order chi connectivity index (χ1) is 14.3. The molecule has 154 valence electrons. The number of carbonyl (C=O) groups excluding carboxylic acids is 1. The maximum Gasteiger partial charge on any atom is 0.258 e. The Labute approximate surface area is 173 Å². The molecule has 30 heavy (non-hydrogen) atoms. The minimum atomic E-state index is -0.605. The molecule has 8 heteroatoms. The van der Waals surface area contributed by atoms with E-state index in [4.69, 9.17) is 4.74 Å². The highest BCUT2D eigenvalue weighted by molar-refractivity contribution is 6.05. The Morgan fingerprint density at radius 1 is 1.03 bits per heavy atom. The molecule has 0 fully saturated rings. The fourth-order valence-corrected chi connectivity index (χ4v) is 2.99. The number of halogens is 1. The summed E-state index contributed by atoms with van der Waals surface area (Å²) in [5, 5.41) is 2.72. The molecule has 0 saturated carbocycles. The monoisotopic (exact) mass is 407 g/mol. The van der Waals surface area contributed by atoms with Crippen molar-refractivity contribution in [2.45, 2.75) is 26.4 Å². The van der Waals surface area contributed by atoms with E-state index in [9.17, 15) is 9.18 Å². The number of pyridine rings is 1. The number of fused-ring (bicyclic) bond motifs is 1. The van der Waals surface area contributed by atoms with Gasteiger partial charge < -0.3 is 15.5 Å². The molecule has 1 aliphatic heterocycles. The third-order valence-electron chi connectivity index (χ3n) is 4.32. The van der Waals surface area contributed by atoms with Gasteiger partial charge in [-0.1, -0.05) is 0 Å². The second-order valence-electron chi connectivity index (χ2n) is 7.86. The van der Waals surface area contributed by atoms with Gasteiger partial charge in [-0.05, 0) is 75.4 Å². The van der Waals surface area contributed by atoms with Crippen LogP contribution in [0.2, 0.25) is 0 Å². The molecule has 0 radical (unpaired) electrons. The average molecular weight is 407 g/mol. The number of hydrogen-bond acceptors (Lipinski definition) is 6. The predicted octanol–water partition coefficient (Wildman–Crippen LogP) is 4.57. The summed E-state index contributed by atoms with van der Waals surface area (Å²) in [6.07, 6.45) is 0. The fraction of sp³-hybridized carbons (Fsp3) is 0.182. The summed E-state index contributed by atoms with van der Waals surface area (Å²) in [4.78, 5) is 17.2. The number of amides is 1. The zero-order chi connectivity index (χ0) is 21.3. The molecule has 0 atom stereocenters. The highest BCUT2D eigenvalue weighted by Crippen LogP contribution is 2.28. The SMILES string of the molecule is CC(C)(C)Oc1ccc(NC(=O)c2cc(-c3ccc4c(n3)NNN4)ccc2F)cc1. The van der Waals surface area contributed by atoms with Gasteiger partial charge in [0.15, 0.2) is 5.82 Å². The number of aromatic nitrogens is 1. The normalized spacial score (nSPS) is 12.5. The van der Waals surface area contributed by atoms with Gasteiger partial charge in [0.25, 0.3) is 5.91 Å². The van der Waals surface area contributed by atoms with Gasteiger partial charge in [0, 0.05) is 11.3 Å². The zero-order valence-corrected chi connectivity index (χ0v) is 16.8. The number of ether oxygens (including phenoxy) is 1. The molecule has 1 amide bonds. The molecule has 4 N–H and O–H groups in total. The van der Waals surface area contributed by atoms with E-state index in [1.807, 2.05) is 26.8 Å². The molecule has 0 aliphatic carbocycles. The van der Waals surface area contributed by atoms with Gasteiger partial charge in [0.05, 0.1) is 16.9 Å². The van der Waals surface area contributed by atoms with Crippen LogP contribution in [0.1, 0.15) is 31.1 Å². The zero-order valence-electron chi connectivity index (χ0n) is 16.8. The molecule has 0 saturated heterocycles. The van der Waals surface area contributed by atoms with Crippen LogP contribution in [0.15, 0.2) is 54.6 Å². The van der Waals surface area contributed by atoms with E-state index in [1.54, 1.807) is 36.4 Å². The number of rotatable bonds is 4. The van der Waals surface area contributed by atoms with E-state index >= 15 is 0 Å². The van der Waals surface area contributed by atoms with Crippen LogP contribution in [0.25, 0.3) is 11.3 Å². The molecule has 0 unspecified atom stereocenters. The molecule has 4 rings (SSSR count). The molecular formula is C22H22FN5O2. The summed E-state index contributed by atoms with van der Waals surface area (Å²) in [5.41, 5.74) is 10.7. The van der Waals surface area contributed by atoms with Crippen molar-refractivity contribution in [2.24, 2.45) is 0 Å². The fourth-order valence-electron chi connectivity index (χ4n) is 2.99. The van der Waals surface area contributed by atoms with Gasteiger partial charge >= 0.3 is 0 Å². The van der Waals surface area contributed by atoms with Gasteiger partial charge in [0.2, 0.25) is 0 Å². The second kappa shape index (κ2) is 7.64. The summed E-state index contributed by atoms with van der Waals surface area (Å²) in [6, 6.07) is 14.9. The molecule has 0 spiro atoms. The van der Waals surface area contributed by atoms with Crippen molar-refractivity contribution in [3.63, 3.8) is 0 Å². The van der Waals surface area contributed by atoms with Gasteiger partial charge in [-0.2, -0.15) is 0 Å². The summed E-state index contributed by atoms with van der Waals surface area (Å²) in [5.74, 6) is 0.169. The van der Waals surface area contributed by atoms with Crippen molar-refractivity contribution in [1.82, 2.24) is 10.5 Å². The Kier molecular flexibility index (Phi) is 5.01. The van der Waals surface area contributed by atoms with Crippen molar-refractivity contribution in [3.05, 3.63) is 66.0 Å². The molecule has 1 aliphatic rings. The van der Waals surface area contributed by atoms with E-state index in [0.29, 0.717) is 28.5 Å². The summed E-state index contributed by atoms with van der Waals surface area (Å²) >= 11 is 0. The van der Waals surface area contributed by atoms with Gasteiger partial charge in [0.1, 0.15) is 17.2 Å². The lowest BCUT2D eigenvalue weighted by molar-refractivity contribution is 0.102. The largest absolute Gasteiger partial charge is 0.488 e. The van der Waals surface area contributed by atoms with Crippen LogP contribution >= 0.6 is 0 Å². The van der Waals surface area contributed by atoms with Crippen molar-refractivity contribution >= 4 is 23.1 Å². The number of hydrogen-bond donors (Lipinski definition) is 4. The van der Waals surface area contributed by atoms with Gasteiger partial charge in [-0.3, -0.25) is 10.2 Å². The molecule has 0 bridgehead atoms. The standard InChI is InChI=1S/C22H22FN5O2/c1-22(2,3)30-15-7-5-14(6-8-15)24-21(29)16-12-13(4-9-17(16)23)18-10-11-19-20(25-18)27-28-26-19/h4-12,26,28H,1-3H3,(H,24,29)(H,25,27). The van der Waals surface area contributed by atoms with E-state index in [1.165, 1.54) is 12.1 Å². The highest BCUT2D eigenvalue weighted by Gasteiger charge is 2.17. The Bertz CT molecular complexity index is 1090.